The van der Waals surface area contributed by atoms with Crippen molar-refractivity contribution in [3.05, 3.63) is 17.5 Å². The van der Waals surface area contributed by atoms with Gasteiger partial charge >= 0.3 is 0 Å². The average Bonchev–Trinajstić information content (AvgIpc) is 2.72. The van der Waals surface area contributed by atoms with Gasteiger partial charge in [-0.15, -0.1) is 0 Å². The van der Waals surface area contributed by atoms with Crippen molar-refractivity contribution in [3.8, 4) is 0 Å². The zero-order valence-corrected chi connectivity index (χ0v) is 11.0. The van der Waals surface area contributed by atoms with Crippen LogP contribution in [-0.2, 0) is 13.1 Å². The van der Waals surface area contributed by atoms with Gasteiger partial charge in [-0.2, -0.15) is 0 Å². The van der Waals surface area contributed by atoms with E-state index in [0.29, 0.717) is 5.95 Å². The molecule has 1 aromatic heterocycles. The fourth-order valence-electron chi connectivity index (χ4n) is 2.65. The number of hydrogen-bond acceptors (Lipinski definition) is 4. The number of aromatic nitrogens is 2. The van der Waals surface area contributed by atoms with Crippen molar-refractivity contribution < 1.29 is 0 Å². The maximum atomic E-state index is 5.64. The minimum atomic E-state index is 0.268. The fourth-order valence-corrected chi connectivity index (χ4v) is 2.65. The summed E-state index contributed by atoms with van der Waals surface area (Å²) < 4.78 is 0. The first-order valence-electron chi connectivity index (χ1n) is 6.44. The molecule has 1 aliphatic rings. The lowest BCUT2D eigenvalue weighted by Crippen LogP contribution is -2.42. The molecule has 1 aliphatic heterocycles. The largest absolute Gasteiger partial charge is 0.368 e. The molecular formula is C13H22N4. The van der Waals surface area contributed by atoms with Crippen LogP contribution in [0.15, 0.2) is 6.20 Å². The summed E-state index contributed by atoms with van der Waals surface area (Å²) in [5.74, 6) is 0.388. The van der Waals surface area contributed by atoms with E-state index in [2.05, 4.69) is 35.6 Å². The molecule has 2 heterocycles. The molecule has 0 saturated carbocycles. The summed E-state index contributed by atoms with van der Waals surface area (Å²) in [5, 5.41) is 0. The third-order valence-electron chi connectivity index (χ3n) is 3.99. The van der Waals surface area contributed by atoms with Crippen LogP contribution in [0.1, 0.15) is 51.3 Å². The molecule has 2 N–H and O–H groups in total. The van der Waals surface area contributed by atoms with Crippen molar-refractivity contribution in [2.45, 2.75) is 58.7 Å². The topological polar surface area (TPSA) is 55.0 Å². The van der Waals surface area contributed by atoms with Crippen LogP contribution in [0, 0.1) is 0 Å². The Balaban J connectivity index is 2.18. The molecular weight excluding hydrogens is 212 g/mol. The van der Waals surface area contributed by atoms with E-state index in [1.165, 1.54) is 18.4 Å². The first kappa shape index (κ1) is 12.3. The van der Waals surface area contributed by atoms with Gasteiger partial charge in [0.25, 0.3) is 0 Å². The maximum absolute atomic E-state index is 5.64. The summed E-state index contributed by atoms with van der Waals surface area (Å²) in [6, 6.07) is 0. The Morgan fingerprint density at radius 1 is 1.41 bits per heavy atom. The SMILES string of the molecule is CCCC(C)(CC)N1Cc2cnc(N)nc2C1. The lowest BCUT2D eigenvalue weighted by atomic mass is 9.91. The van der Waals surface area contributed by atoms with Crippen molar-refractivity contribution in [2.75, 3.05) is 5.73 Å². The van der Waals surface area contributed by atoms with E-state index in [-0.39, 0.29) is 5.54 Å². The second kappa shape index (κ2) is 4.61. The second-order valence-electron chi connectivity index (χ2n) is 5.16. The van der Waals surface area contributed by atoms with E-state index in [4.69, 9.17) is 5.73 Å². The van der Waals surface area contributed by atoms with Gasteiger partial charge in [-0.25, -0.2) is 9.97 Å². The van der Waals surface area contributed by atoms with Crippen LogP contribution >= 0.6 is 0 Å². The van der Waals surface area contributed by atoms with Crippen LogP contribution in [-0.4, -0.2) is 20.4 Å². The highest BCUT2D eigenvalue weighted by atomic mass is 15.2. The predicted octanol–water partition coefficient (Wildman–Crippen LogP) is 2.34. The van der Waals surface area contributed by atoms with Crippen LogP contribution < -0.4 is 5.73 Å². The molecule has 0 aromatic carbocycles. The minimum absolute atomic E-state index is 0.268. The molecule has 4 nitrogen and oxygen atoms in total. The molecule has 0 aliphatic carbocycles. The molecule has 94 valence electrons. The molecule has 0 fully saturated rings. The number of anilines is 1. The van der Waals surface area contributed by atoms with Crippen molar-refractivity contribution >= 4 is 5.95 Å². The molecule has 4 heteroatoms. The summed E-state index contributed by atoms with van der Waals surface area (Å²) in [6.07, 6.45) is 5.48. The van der Waals surface area contributed by atoms with Gasteiger partial charge in [-0.1, -0.05) is 20.3 Å². The molecule has 0 radical (unpaired) electrons. The van der Waals surface area contributed by atoms with Crippen molar-refractivity contribution in [1.29, 1.82) is 0 Å². The Labute approximate surface area is 103 Å². The molecule has 0 bridgehead atoms. The predicted molar refractivity (Wildman–Crippen MR) is 69.3 cm³/mol. The number of rotatable bonds is 4. The van der Waals surface area contributed by atoms with Gasteiger partial charge in [0.05, 0.1) is 5.69 Å². The standard InChI is InChI=1S/C13H22N4/c1-4-6-13(3,5-2)17-8-10-7-15-12(14)16-11(10)9-17/h7H,4-6,8-9H2,1-3H3,(H2,14,15,16). The molecule has 1 atom stereocenters. The van der Waals surface area contributed by atoms with Crippen LogP contribution in [0.4, 0.5) is 5.95 Å². The Morgan fingerprint density at radius 2 is 2.18 bits per heavy atom. The fraction of sp³-hybridized carbons (Fsp3) is 0.692. The molecule has 1 unspecified atom stereocenters. The Morgan fingerprint density at radius 3 is 2.82 bits per heavy atom. The van der Waals surface area contributed by atoms with Crippen molar-refractivity contribution in [3.63, 3.8) is 0 Å². The normalized spacial score (nSPS) is 19.0. The van der Waals surface area contributed by atoms with Gasteiger partial charge in [0.1, 0.15) is 0 Å². The van der Waals surface area contributed by atoms with Gasteiger partial charge in [0.15, 0.2) is 0 Å². The first-order valence-corrected chi connectivity index (χ1v) is 6.44. The maximum Gasteiger partial charge on any atom is 0.220 e. The number of hydrogen-bond donors (Lipinski definition) is 1. The minimum Gasteiger partial charge on any atom is -0.368 e. The quantitative estimate of drug-likeness (QED) is 0.868. The zero-order chi connectivity index (χ0) is 12.5. The van der Waals surface area contributed by atoms with Gasteiger partial charge in [0, 0.05) is 30.4 Å². The van der Waals surface area contributed by atoms with Crippen LogP contribution in [0.3, 0.4) is 0 Å². The zero-order valence-electron chi connectivity index (χ0n) is 11.0. The molecule has 2 rings (SSSR count). The van der Waals surface area contributed by atoms with E-state index in [9.17, 15) is 0 Å². The highest BCUT2D eigenvalue weighted by molar-refractivity contribution is 5.28. The molecule has 0 amide bonds. The van der Waals surface area contributed by atoms with E-state index < -0.39 is 0 Å². The summed E-state index contributed by atoms with van der Waals surface area (Å²) in [7, 11) is 0. The van der Waals surface area contributed by atoms with Gasteiger partial charge in [0.2, 0.25) is 5.95 Å². The van der Waals surface area contributed by atoms with Gasteiger partial charge < -0.3 is 5.73 Å². The van der Waals surface area contributed by atoms with E-state index in [0.717, 1.165) is 25.2 Å². The van der Waals surface area contributed by atoms with Gasteiger partial charge in [-0.3, -0.25) is 4.90 Å². The van der Waals surface area contributed by atoms with Crippen LogP contribution in [0.5, 0.6) is 0 Å². The third-order valence-corrected chi connectivity index (χ3v) is 3.99. The van der Waals surface area contributed by atoms with Crippen LogP contribution in [0.2, 0.25) is 0 Å². The average molecular weight is 234 g/mol. The smallest absolute Gasteiger partial charge is 0.220 e. The number of fused-ring (bicyclic) bond motifs is 1. The Hall–Kier alpha value is -1.16. The van der Waals surface area contributed by atoms with Gasteiger partial charge in [-0.05, 0) is 19.8 Å². The Bertz CT molecular complexity index is 404. The summed E-state index contributed by atoms with van der Waals surface area (Å²) in [4.78, 5) is 10.9. The van der Waals surface area contributed by atoms with E-state index >= 15 is 0 Å². The summed E-state index contributed by atoms with van der Waals surface area (Å²) in [6.45, 7) is 8.72. The molecule has 0 spiro atoms. The van der Waals surface area contributed by atoms with E-state index in [1.807, 2.05) is 6.20 Å². The van der Waals surface area contributed by atoms with Crippen LogP contribution in [0.25, 0.3) is 0 Å². The number of nitrogen functional groups attached to an aromatic ring is 1. The summed E-state index contributed by atoms with van der Waals surface area (Å²) in [5.41, 5.74) is 8.24. The lowest BCUT2D eigenvalue weighted by Gasteiger charge is -2.38. The lowest BCUT2D eigenvalue weighted by molar-refractivity contribution is 0.0860. The monoisotopic (exact) mass is 234 g/mol. The van der Waals surface area contributed by atoms with Crippen molar-refractivity contribution in [1.82, 2.24) is 14.9 Å². The molecule has 17 heavy (non-hydrogen) atoms. The van der Waals surface area contributed by atoms with Crippen molar-refractivity contribution in [2.24, 2.45) is 0 Å². The third kappa shape index (κ3) is 2.27. The first-order chi connectivity index (χ1) is 8.09. The Kier molecular flexibility index (Phi) is 3.33. The highest BCUT2D eigenvalue weighted by Gasteiger charge is 2.34. The molecule has 0 saturated heterocycles. The highest BCUT2D eigenvalue weighted by Crippen LogP contribution is 2.33. The molecule has 1 aromatic rings. The summed E-state index contributed by atoms with van der Waals surface area (Å²) >= 11 is 0. The van der Waals surface area contributed by atoms with E-state index in [1.54, 1.807) is 0 Å². The number of nitrogens with two attached hydrogens (primary N) is 1. The second-order valence-corrected chi connectivity index (χ2v) is 5.16. The number of nitrogens with zero attached hydrogens (tertiary/aromatic N) is 3.